The van der Waals surface area contributed by atoms with E-state index in [4.69, 9.17) is 5.73 Å². The van der Waals surface area contributed by atoms with E-state index in [1.807, 2.05) is 0 Å². The zero-order valence-corrected chi connectivity index (χ0v) is 6.11. The summed E-state index contributed by atoms with van der Waals surface area (Å²) in [7, 11) is 0. The molecule has 1 fully saturated rings. The van der Waals surface area contributed by atoms with Gasteiger partial charge in [0, 0.05) is 18.4 Å². The molecule has 2 N–H and O–H groups in total. The molecule has 0 aromatic rings. The van der Waals surface area contributed by atoms with Crippen LogP contribution < -0.4 is 5.73 Å². The molecule has 0 amide bonds. The van der Waals surface area contributed by atoms with Crippen LogP contribution in [0.15, 0.2) is 0 Å². The quantitative estimate of drug-likeness (QED) is 0.558. The van der Waals surface area contributed by atoms with Crippen LogP contribution in [0.5, 0.6) is 0 Å². The molecular formula is C7H13F2N. The van der Waals surface area contributed by atoms with Crippen LogP contribution in [0, 0.1) is 5.92 Å². The monoisotopic (exact) mass is 149 g/mol. The van der Waals surface area contributed by atoms with Gasteiger partial charge in [-0.3, -0.25) is 0 Å². The van der Waals surface area contributed by atoms with Crippen LogP contribution in [0.25, 0.3) is 0 Å². The van der Waals surface area contributed by atoms with E-state index in [9.17, 15) is 8.78 Å². The average molecular weight is 149 g/mol. The third kappa shape index (κ3) is 1.29. The van der Waals surface area contributed by atoms with Crippen molar-refractivity contribution in [1.82, 2.24) is 0 Å². The second-order valence-corrected chi connectivity index (χ2v) is 3.11. The van der Waals surface area contributed by atoms with Gasteiger partial charge in [-0.1, -0.05) is 6.92 Å². The molecule has 1 saturated carbocycles. The molecule has 1 rings (SSSR count). The topological polar surface area (TPSA) is 26.0 Å². The second-order valence-electron chi connectivity index (χ2n) is 3.11. The summed E-state index contributed by atoms with van der Waals surface area (Å²) in [5.74, 6) is -3.15. The highest BCUT2D eigenvalue weighted by Crippen LogP contribution is 2.37. The van der Waals surface area contributed by atoms with Gasteiger partial charge in [0.2, 0.25) is 0 Å². The lowest BCUT2D eigenvalue weighted by molar-refractivity contribution is -0.0856. The van der Waals surface area contributed by atoms with Gasteiger partial charge in [0.05, 0.1) is 0 Å². The molecule has 0 unspecified atom stereocenters. The Bertz CT molecular complexity index is 125. The maximum atomic E-state index is 12.8. The van der Waals surface area contributed by atoms with Crippen molar-refractivity contribution in [3.8, 4) is 0 Å². The summed E-state index contributed by atoms with van der Waals surface area (Å²) >= 11 is 0. The molecule has 10 heavy (non-hydrogen) atoms. The first-order chi connectivity index (χ1) is 4.54. The first kappa shape index (κ1) is 7.92. The van der Waals surface area contributed by atoms with Gasteiger partial charge >= 0.3 is 0 Å². The van der Waals surface area contributed by atoms with E-state index in [-0.39, 0.29) is 12.5 Å². The number of nitrogens with two attached hydrogens (primary N) is 1. The normalized spacial score (nSPS) is 39.6. The van der Waals surface area contributed by atoms with Crippen molar-refractivity contribution in [2.24, 2.45) is 11.7 Å². The molecule has 1 nitrogen and oxygen atoms in total. The highest BCUT2D eigenvalue weighted by atomic mass is 19.3. The van der Waals surface area contributed by atoms with Crippen LogP contribution in [0.1, 0.15) is 26.2 Å². The summed E-state index contributed by atoms with van der Waals surface area (Å²) in [6.45, 7) is 1.53. The minimum Gasteiger partial charge on any atom is -0.327 e. The average Bonchev–Trinajstić information content (AvgIpc) is 1.83. The molecule has 60 valence electrons. The maximum absolute atomic E-state index is 12.8. The van der Waals surface area contributed by atoms with Gasteiger partial charge in [-0.05, 0) is 12.8 Å². The molecule has 1 aliphatic rings. The molecule has 0 aromatic carbocycles. The number of alkyl halides is 2. The minimum atomic E-state index is -2.52. The summed E-state index contributed by atoms with van der Waals surface area (Å²) in [6, 6.07) is -0.302. The van der Waals surface area contributed by atoms with Gasteiger partial charge in [0.15, 0.2) is 0 Å². The van der Waals surface area contributed by atoms with Gasteiger partial charge in [-0.25, -0.2) is 8.78 Å². The minimum absolute atomic E-state index is 0.0157. The molecule has 0 heterocycles. The first-order valence-corrected chi connectivity index (χ1v) is 3.67. The molecule has 0 spiro atoms. The fourth-order valence-electron chi connectivity index (χ4n) is 1.36. The van der Waals surface area contributed by atoms with Crippen LogP contribution in [-0.2, 0) is 0 Å². The molecule has 2 atom stereocenters. The summed E-state index contributed by atoms with van der Waals surface area (Å²) < 4.78 is 25.5. The van der Waals surface area contributed by atoms with E-state index in [1.54, 1.807) is 0 Å². The highest BCUT2D eigenvalue weighted by Gasteiger charge is 2.42. The number of hydrogen-bond donors (Lipinski definition) is 1. The van der Waals surface area contributed by atoms with Crippen LogP contribution in [0.4, 0.5) is 8.78 Å². The van der Waals surface area contributed by atoms with Gasteiger partial charge in [0.1, 0.15) is 0 Å². The van der Waals surface area contributed by atoms with E-state index in [0.717, 1.165) is 6.42 Å². The standard InChI is InChI=1S/C7H13F2N/c1-5-6(10)3-2-4-7(5,8)9/h5-6H,2-4,10H2,1H3/t5-,6-/m1/s1. The zero-order valence-electron chi connectivity index (χ0n) is 6.11. The van der Waals surface area contributed by atoms with Crippen LogP contribution in [0.3, 0.4) is 0 Å². The SMILES string of the molecule is C[C@@H]1[C@H](N)CCCC1(F)F. The third-order valence-corrected chi connectivity index (χ3v) is 2.36. The Balaban J connectivity index is 2.60. The maximum Gasteiger partial charge on any atom is 0.252 e. The van der Waals surface area contributed by atoms with Crippen molar-refractivity contribution in [3.05, 3.63) is 0 Å². The Morgan fingerprint density at radius 3 is 2.50 bits per heavy atom. The fourth-order valence-corrected chi connectivity index (χ4v) is 1.36. The Labute approximate surface area is 59.6 Å². The van der Waals surface area contributed by atoms with Crippen molar-refractivity contribution in [2.75, 3.05) is 0 Å². The third-order valence-electron chi connectivity index (χ3n) is 2.36. The molecule has 0 saturated heterocycles. The van der Waals surface area contributed by atoms with Crippen molar-refractivity contribution in [3.63, 3.8) is 0 Å². The van der Waals surface area contributed by atoms with E-state index in [0.29, 0.717) is 6.42 Å². The molecular weight excluding hydrogens is 136 g/mol. The fraction of sp³-hybridized carbons (Fsp3) is 1.00. The smallest absolute Gasteiger partial charge is 0.252 e. The Morgan fingerprint density at radius 2 is 2.10 bits per heavy atom. The largest absolute Gasteiger partial charge is 0.327 e. The number of rotatable bonds is 0. The first-order valence-electron chi connectivity index (χ1n) is 3.67. The number of hydrogen-bond acceptors (Lipinski definition) is 1. The lowest BCUT2D eigenvalue weighted by Gasteiger charge is -2.33. The predicted octanol–water partition coefficient (Wildman–Crippen LogP) is 1.77. The zero-order chi connectivity index (χ0) is 7.78. The number of halogens is 2. The molecule has 0 aromatic heterocycles. The van der Waals surface area contributed by atoms with E-state index < -0.39 is 11.8 Å². The Kier molecular flexibility index (Phi) is 1.95. The van der Waals surface area contributed by atoms with Crippen molar-refractivity contribution in [2.45, 2.75) is 38.2 Å². The van der Waals surface area contributed by atoms with Crippen molar-refractivity contribution < 1.29 is 8.78 Å². The second kappa shape index (κ2) is 2.46. The van der Waals surface area contributed by atoms with E-state index in [2.05, 4.69) is 0 Å². The van der Waals surface area contributed by atoms with Gasteiger partial charge in [-0.2, -0.15) is 0 Å². The van der Waals surface area contributed by atoms with Crippen LogP contribution in [0.2, 0.25) is 0 Å². The van der Waals surface area contributed by atoms with Gasteiger partial charge in [0.25, 0.3) is 5.92 Å². The van der Waals surface area contributed by atoms with E-state index >= 15 is 0 Å². The summed E-state index contributed by atoms with van der Waals surface area (Å²) in [5, 5.41) is 0. The molecule has 0 bridgehead atoms. The molecule has 1 aliphatic carbocycles. The van der Waals surface area contributed by atoms with Crippen molar-refractivity contribution in [1.29, 1.82) is 0 Å². The highest BCUT2D eigenvalue weighted by molar-refractivity contribution is 4.86. The van der Waals surface area contributed by atoms with Gasteiger partial charge in [-0.15, -0.1) is 0 Å². The lowest BCUT2D eigenvalue weighted by atomic mass is 9.83. The molecule has 0 radical (unpaired) electrons. The summed E-state index contributed by atoms with van der Waals surface area (Å²) in [6.07, 6.45) is 1.33. The van der Waals surface area contributed by atoms with Crippen LogP contribution in [-0.4, -0.2) is 12.0 Å². The summed E-state index contributed by atoms with van der Waals surface area (Å²) in [4.78, 5) is 0. The van der Waals surface area contributed by atoms with Crippen molar-refractivity contribution >= 4 is 0 Å². The Morgan fingerprint density at radius 1 is 1.50 bits per heavy atom. The predicted molar refractivity (Wildman–Crippen MR) is 35.9 cm³/mol. The molecule has 3 heteroatoms. The summed E-state index contributed by atoms with van der Waals surface area (Å²) in [5.41, 5.74) is 5.47. The van der Waals surface area contributed by atoms with Gasteiger partial charge < -0.3 is 5.73 Å². The molecule has 0 aliphatic heterocycles. The Hall–Kier alpha value is -0.180. The van der Waals surface area contributed by atoms with Crippen LogP contribution >= 0.6 is 0 Å². The lowest BCUT2D eigenvalue weighted by Crippen LogP contribution is -2.44. The van der Waals surface area contributed by atoms with E-state index in [1.165, 1.54) is 6.92 Å².